The van der Waals surface area contributed by atoms with Crippen LogP contribution in [0.15, 0.2) is 29.4 Å². The van der Waals surface area contributed by atoms with Gasteiger partial charge in [-0.2, -0.15) is 20.9 Å². The quantitative estimate of drug-likeness (QED) is 0.569. The molecular weight excluding hydrogens is 190 g/mol. The molecule has 0 unspecified atom stereocenters. The van der Waals surface area contributed by atoms with Crippen LogP contribution in [0.4, 0.5) is 5.69 Å². The maximum absolute atomic E-state index is 8.73. The highest BCUT2D eigenvalue weighted by atomic mass is 15.3. The van der Waals surface area contributed by atoms with Crippen LogP contribution in [-0.4, -0.2) is 5.71 Å². The van der Waals surface area contributed by atoms with Gasteiger partial charge in [-0.1, -0.05) is 12.1 Å². The molecule has 0 amide bonds. The standard InChI is InChI=1S/C10H5N5/c11-5-8-3-1-2-4-10(8)15-14-9(6-12)7-13/h1-4,15H. The molecule has 70 valence electrons. The Labute approximate surface area is 86.5 Å². The first-order chi connectivity index (χ1) is 7.31. The zero-order valence-corrected chi connectivity index (χ0v) is 7.60. The summed E-state index contributed by atoms with van der Waals surface area (Å²) in [6, 6.07) is 11.8. The van der Waals surface area contributed by atoms with Crippen molar-refractivity contribution in [2.75, 3.05) is 5.43 Å². The predicted octanol–water partition coefficient (Wildman–Crippen LogP) is 1.37. The number of rotatable bonds is 2. The van der Waals surface area contributed by atoms with Crippen molar-refractivity contribution in [1.82, 2.24) is 0 Å². The van der Waals surface area contributed by atoms with Crippen LogP contribution in [0.1, 0.15) is 5.56 Å². The molecule has 0 spiro atoms. The van der Waals surface area contributed by atoms with Gasteiger partial charge in [0, 0.05) is 0 Å². The Morgan fingerprint density at radius 3 is 2.40 bits per heavy atom. The Morgan fingerprint density at radius 1 is 1.13 bits per heavy atom. The van der Waals surface area contributed by atoms with Crippen LogP contribution in [0.3, 0.4) is 0 Å². The van der Waals surface area contributed by atoms with Gasteiger partial charge in [-0.25, -0.2) is 0 Å². The minimum Gasteiger partial charge on any atom is -0.275 e. The van der Waals surface area contributed by atoms with Crippen molar-refractivity contribution in [3.8, 4) is 18.2 Å². The lowest BCUT2D eigenvalue weighted by atomic mass is 10.2. The first kappa shape index (κ1) is 10.2. The summed E-state index contributed by atoms with van der Waals surface area (Å²) in [7, 11) is 0. The van der Waals surface area contributed by atoms with Gasteiger partial charge in [-0.05, 0) is 12.1 Å². The molecule has 0 aliphatic rings. The monoisotopic (exact) mass is 195 g/mol. The van der Waals surface area contributed by atoms with Crippen molar-refractivity contribution in [3.05, 3.63) is 29.8 Å². The van der Waals surface area contributed by atoms with Gasteiger partial charge in [0.1, 0.15) is 18.2 Å². The summed E-state index contributed by atoms with van der Waals surface area (Å²) >= 11 is 0. The molecule has 0 saturated carbocycles. The smallest absolute Gasteiger partial charge is 0.237 e. The van der Waals surface area contributed by atoms with Crippen molar-refractivity contribution in [2.24, 2.45) is 5.10 Å². The van der Waals surface area contributed by atoms with Gasteiger partial charge in [0.15, 0.2) is 0 Å². The third-order valence-corrected chi connectivity index (χ3v) is 1.55. The van der Waals surface area contributed by atoms with E-state index in [1.807, 2.05) is 6.07 Å². The Kier molecular flexibility index (Phi) is 3.42. The molecule has 5 heteroatoms. The van der Waals surface area contributed by atoms with E-state index >= 15 is 0 Å². The van der Waals surface area contributed by atoms with Crippen molar-refractivity contribution >= 4 is 11.4 Å². The number of hydrazone groups is 1. The second-order valence-corrected chi connectivity index (χ2v) is 2.45. The summed E-state index contributed by atoms with van der Waals surface area (Å²) in [5.41, 5.74) is 3.06. The van der Waals surface area contributed by atoms with E-state index in [-0.39, 0.29) is 5.71 Å². The summed E-state index contributed by atoms with van der Waals surface area (Å²) < 4.78 is 0. The van der Waals surface area contributed by atoms with E-state index in [2.05, 4.69) is 10.5 Å². The first-order valence-corrected chi connectivity index (χ1v) is 3.95. The molecule has 5 nitrogen and oxygen atoms in total. The highest BCUT2D eigenvalue weighted by Gasteiger charge is 1.99. The highest BCUT2D eigenvalue weighted by Crippen LogP contribution is 2.12. The number of benzene rings is 1. The first-order valence-electron chi connectivity index (χ1n) is 3.95. The van der Waals surface area contributed by atoms with E-state index in [4.69, 9.17) is 15.8 Å². The maximum Gasteiger partial charge on any atom is 0.237 e. The van der Waals surface area contributed by atoms with Crippen molar-refractivity contribution in [1.29, 1.82) is 15.8 Å². The summed E-state index contributed by atoms with van der Waals surface area (Å²) in [5, 5.41) is 29.1. The van der Waals surface area contributed by atoms with Gasteiger partial charge < -0.3 is 0 Å². The van der Waals surface area contributed by atoms with Crippen LogP contribution in [-0.2, 0) is 0 Å². The zero-order valence-electron chi connectivity index (χ0n) is 7.60. The van der Waals surface area contributed by atoms with Crippen LogP contribution in [0, 0.1) is 34.0 Å². The fourth-order valence-electron chi connectivity index (χ4n) is 0.869. The van der Waals surface area contributed by atoms with E-state index in [0.717, 1.165) is 0 Å². The molecule has 1 N–H and O–H groups in total. The fourth-order valence-corrected chi connectivity index (χ4v) is 0.869. The van der Waals surface area contributed by atoms with Gasteiger partial charge >= 0.3 is 0 Å². The lowest BCUT2D eigenvalue weighted by molar-refractivity contribution is 1.32. The van der Waals surface area contributed by atoms with Crippen LogP contribution < -0.4 is 5.43 Å². The molecular formula is C10H5N5. The number of nitriles is 3. The second kappa shape index (κ2) is 5.01. The lowest BCUT2D eigenvalue weighted by Gasteiger charge is -2.00. The zero-order chi connectivity index (χ0) is 11.1. The van der Waals surface area contributed by atoms with Crippen LogP contribution >= 0.6 is 0 Å². The molecule has 0 radical (unpaired) electrons. The third-order valence-electron chi connectivity index (χ3n) is 1.55. The summed E-state index contributed by atoms with van der Waals surface area (Å²) in [5.74, 6) is 0. The molecule has 0 aromatic heterocycles. The van der Waals surface area contributed by atoms with E-state index in [1.54, 1.807) is 36.4 Å². The van der Waals surface area contributed by atoms with E-state index in [9.17, 15) is 0 Å². The topological polar surface area (TPSA) is 95.8 Å². The van der Waals surface area contributed by atoms with E-state index in [0.29, 0.717) is 11.3 Å². The largest absolute Gasteiger partial charge is 0.275 e. The average Bonchev–Trinajstić information content (AvgIpc) is 2.31. The molecule has 0 aliphatic carbocycles. The fraction of sp³-hybridized carbons (Fsp3) is 0. The minimum absolute atomic E-state index is 0.289. The Bertz CT molecular complexity index is 494. The molecule has 1 rings (SSSR count). The number of nitrogens with zero attached hydrogens (tertiary/aromatic N) is 4. The number of anilines is 1. The number of hydrogen-bond acceptors (Lipinski definition) is 5. The molecule has 0 saturated heterocycles. The van der Waals surface area contributed by atoms with Gasteiger partial charge in [-0.15, -0.1) is 0 Å². The number of hydrogen-bond donors (Lipinski definition) is 1. The normalized spacial score (nSPS) is 7.80. The van der Waals surface area contributed by atoms with Crippen molar-refractivity contribution in [2.45, 2.75) is 0 Å². The molecule has 0 heterocycles. The molecule has 1 aromatic carbocycles. The Balaban J connectivity index is 2.94. The molecule has 15 heavy (non-hydrogen) atoms. The number of para-hydroxylation sites is 1. The molecule has 0 atom stereocenters. The van der Waals surface area contributed by atoms with Crippen LogP contribution in [0.25, 0.3) is 0 Å². The summed E-state index contributed by atoms with van der Waals surface area (Å²) in [6.45, 7) is 0. The van der Waals surface area contributed by atoms with Crippen molar-refractivity contribution < 1.29 is 0 Å². The van der Waals surface area contributed by atoms with E-state index in [1.165, 1.54) is 0 Å². The maximum atomic E-state index is 8.73. The van der Waals surface area contributed by atoms with Gasteiger partial charge in [0.05, 0.1) is 11.3 Å². The van der Waals surface area contributed by atoms with Crippen molar-refractivity contribution in [3.63, 3.8) is 0 Å². The molecule has 0 fully saturated rings. The average molecular weight is 195 g/mol. The van der Waals surface area contributed by atoms with E-state index < -0.39 is 0 Å². The number of nitrogens with one attached hydrogen (secondary N) is 1. The molecule has 0 bridgehead atoms. The Morgan fingerprint density at radius 2 is 1.80 bits per heavy atom. The SMILES string of the molecule is N#CC(C#N)=NNc1ccccc1C#N. The molecule has 1 aromatic rings. The van der Waals surface area contributed by atoms with Gasteiger partial charge in [0.25, 0.3) is 0 Å². The minimum atomic E-state index is -0.289. The predicted molar refractivity (Wildman–Crippen MR) is 53.4 cm³/mol. The van der Waals surface area contributed by atoms with Gasteiger partial charge in [0.2, 0.25) is 5.71 Å². The Hall–Kier alpha value is -2.84. The van der Waals surface area contributed by atoms with Crippen LogP contribution in [0.5, 0.6) is 0 Å². The lowest BCUT2D eigenvalue weighted by Crippen LogP contribution is -1.97. The highest BCUT2D eigenvalue weighted by molar-refractivity contribution is 6.10. The summed E-state index contributed by atoms with van der Waals surface area (Å²) in [4.78, 5) is 0. The molecule has 0 aliphatic heterocycles. The third kappa shape index (κ3) is 2.55. The second-order valence-electron chi connectivity index (χ2n) is 2.45. The van der Waals surface area contributed by atoms with Gasteiger partial charge in [-0.3, -0.25) is 5.43 Å². The van der Waals surface area contributed by atoms with Crippen LogP contribution in [0.2, 0.25) is 0 Å². The summed E-state index contributed by atoms with van der Waals surface area (Å²) in [6.07, 6.45) is 0.